The summed E-state index contributed by atoms with van der Waals surface area (Å²) in [7, 11) is 1.38. The van der Waals surface area contributed by atoms with Gasteiger partial charge in [0, 0.05) is 7.11 Å². The van der Waals surface area contributed by atoms with Crippen LogP contribution in [0.2, 0.25) is 0 Å². The zero-order valence-electron chi connectivity index (χ0n) is 7.74. The number of hydrogen-bond acceptors (Lipinski definition) is 6. The number of ether oxygens (including phenoxy) is 2. The van der Waals surface area contributed by atoms with Crippen molar-refractivity contribution in [3.8, 4) is 0 Å². The summed E-state index contributed by atoms with van der Waals surface area (Å²) >= 11 is 0. The van der Waals surface area contributed by atoms with Crippen LogP contribution < -0.4 is 5.73 Å². The zero-order chi connectivity index (χ0) is 10.0. The summed E-state index contributed by atoms with van der Waals surface area (Å²) < 4.78 is 9.90. The van der Waals surface area contributed by atoms with E-state index in [9.17, 15) is 10.2 Å². The third-order valence-corrected chi connectivity index (χ3v) is 2.16. The highest BCUT2D eigenvalue weighted by molar-refractivity contribution is 5.85. The standard InChI is InChI=1S/C7H15NO5.ClH/c1-12-7-4(8)6(11)5(10)3(2-9)13-7;/h3-7,9-11H,2,8H2,1H3;1H/t3-,4-,5-,6-,7+;/m1./s1. The maximum absolute atomic E-state index is 9.40. The Bertz CT molecular complexity index is 152. The minimum atomic E-state index is -1.17. The summed E-state index contributed by atoms with van der Waals surface area (Å²) in [6.07, 6.45) is -3.96. The van der Waals surface area contributed by atoms with Crippen molar-refractivity contribution in [2.24, 2.45) is 5.73 Å². The molecule has 0 aromatic rings. The van der Waals surface area contributed by atoms with Gasteiger partial charge in [-0.2, -0.15) is 0 Å². The molecule has 6 nitrogen and oxygen atoms in total. The third kappa shape index (κ3) is 2.54. The minimum absolute atomic E-state index is 0. The van der Waals surface area contributed by atoms with Crippen molar-refractivity contribution in [2.45, 2.75) is 30.6 Å². The third-order valence-electron chi connectivity index (χ3n) is 2.16. The number of halogens is 1. The maximum Gasteiger partial charge on any atom is 0.175 e. The highest BCUT2D eigenvalue weighted by atomic mass is 35.5. The molecule has 5 N–H and O–H groups in total. The molecule has 1 fully saturated rings. The largest absolute Gasteiger partial charge is 0.394 e. The highest BCUT2D eigenvalue weighted by Gasteiger charge is 2.42. The molecule has 0 unspecified atom stereocenters. The van der Waals surface area contributed by atoms with E-state index in [4.69, 9.17) is 20.3 Å². The van der Waals surface area contributed by atoms with Crippen LogP contribution in [0.5, 0.6) is 0 Å². The fourth-order valence-corrected chi connectivity index (χ4v) is 1.32. The molecule has 0 amide bonds. The Morgan fingerprint density at radius 3 is 2.36 bits per heavy atom. The number of hydrogen-bond donors (Lipinski definition) is 4. The van der Waals surface area contributed by atoms with Crippen LogP contribution in [0.15, 0.2) is 0 Å². The Hall–Kier alpha value is 0.0500. The monoisotopic (exact) mass is 229 g/mol. The van der Waals surface area contributed by atoms with E-state index < -0.39 is 30.6 Å². The second-order valence-electron chi connectivity index (χ2n) is 3.02. The summed E-state index contributed by atoms with van der Waals surface area (Å²) in [6.45, 7) is -0.384. The van der Waals surface area contributed by atoms with Crippen LogP contribution in [0.4, 0.5) is 0 Å². The SMILES string of the molecule is CO[C@H]1O[C@H](CO)[C@@H](O)[C@H](O)[C@H]1N.Cl. The molecular weight excluding hydrogens is 214 g/mol. The molecule has 0 aromatic carbocycles. The number of rotatable bonds is 2. The molecule has 1 heterocycles. The Kier molecular flexibility index (Phi) is 5.84. The Balaban J connectivity index is 0.00000169. The first-order valence-electron chi connectivity index (χ1n) is 4.02. The second kappa shape index (κ2) is 5.82. The lowest BCUT2D eigenvalue weighted by molar-refractivity contribution is -0.257. The van der Waals surface area contributed by atoms with E-state index in [0.29, 0.717) is 0 Å². The van der Waals surface area contributed by atoms with Gasteiger partial charge in [-0.1, -0.05) is 0 Å². The zero-order valence-corrected chi connectivity index (χ0v) is 8.55. The van der Waals surface area contributed by atoms with E-state index in [0.717, 1.165) is 0 Å². The molecular formula is C7H16ClNO5. The van der Waals surface area contributed by atoms with Crippen molar-refractivity contribution in [3.63, 3.8) is 0 Å². The van der Waals surface area contributed by atoms with Gasteiger partial charge in [0.2, 0.25) is 0 Å². The van der Waals surface area contributed by atoms with Crippen molar-refractivity contribution in [2.75, 3.05) is 13.7 Å². The van der Waals surface area contributed by atoms with Crippen LogP contribution in [0.25, 0.3) is 0 Å². The fraction of sp³-hybridized carbons (Fsp3) is 1.00. The van der Waals surface area contributed by atoms with Gasteiger partial charge < -0.3 is 30.5 Å². The van der Waals surface area contributed by atoms with E-state index in [1.807, 2.05) is 0 Å². The lowest BCUT2D eigenvalue weighted by atomic mass is 9.98. The molecule has 0 aliphatic carbocycles. The molecule has 1 saturated heterocycles. The van der Waals surface area contributed by atoms with Gasteiger partial charge in [0.25, 0.3) is 0 Å². The first kappa shape index (κ1) is 14.1. The summed E-state index contributed by atoms with van der Waals surface area (Å²) in [5, 5.41) is 27.5. The van der Waals surface area contributed by atoms with Gasteiger partial charge in [0.1, 0.15) is 18.3 Å². The number of methoxy groups -OCH3 is 1. The normalized spacial score (nSPS) is 43.1. The quantitative estimate of drug-likeness (QED) is 0.429. The van der Waals surface area contributed by atoms with E-state index in [1.54, 1.807) is 0 Å². The van der Waals surface area contributed by atoms with Gasteiger partial charge in [-0.15, -0.1) is 12.4 Å². The van der Waals surface area contributed by atoms with Crippen LogP contribution in [-0.2, 0) is 9.47 Å². The van der Waals surface area contributed by atoms with Gasteiger partial charge in [-0.25, -0.2) is 0 Å². The van der Waals surface area contributed by atoms with Gasteiger partial charge in [-0.05, 0) is 0 Å². The van der Waals surface area contributed by atoms with E-state index in [1.165, 1.54) is 7.11 Å². The maximum atomic E-state index is 9.40. The lowest BCUT2D eigenvalue weighted by Crippen LogP contribution is -2.62. The predicted octanol–water partition coefficient (Wildman–Crippen LogP) is -2.18. The fourth-order valence-electron chi connectivity index (χ4n) is 1.32. The molecule has 0 aromatic heterocycles. The summed E-state index contributed by atoms with van der Waals surface area (Å²) in [4.78, 5) is 0. The van der Waals surface area contributed by atoms with Gasteiger partial charge in [0.15, 0.2) is 6.29 Å². The van der Waals surface area contributed by atoms with E-state index >= 15 is 0 Å². The molecule has 0 bridgehead atoms. The number of aliphatic hydroxyl groups is 3. The van der Waals surface area contributed by atoms with Gasteiger partial charge in [0.05, 0.1) is 12.6 Å². The van der Waals surface area contributed by atoms with E-state index in [2.05, 4.69) is 0 Å². The van der Waals surface area contributed by atoms with Crippen molar-refractivity contribution in [1.29, 1.82) is 0 Å². The van der Waals surface area contributed by atoms with Crippen LogP contribution >= 0.6 is 12.4 Å². The molecule has 5 atom stereocenters. The predicted molar refractivity (Wildman–Crippen MR) is 50.0 cm³/mol. The van der Waals surface area contributed by atoms with Crippen molar-refractivity contribution < 1.29 is 24.8 Å². The summed E-state index contributed by atoms with van der Waals surface area (Å²) in [5.74, 6) is 0. The molecule has 0 spiro atoms. The highest BCUT2D eigenvalue weighted by Crippen LogP contribution is 2.19. The Morgan fingerprint density at radius 2 is 1.93 bits per heavy atom. The second-order valence-corrected chi connectivity index (χ2v) is 3.02. The number of nitrogens with two attached hydrogens (primary N) is 1. The van der Waals surface area contributed by atoms with Crippen molar-refractivity contribution >= 4 is 12.4 Å². The summed E-state index contributed by atoms with van der Waals surface area (Å²) in [6, 6.07) is -0.803. The Morgan fingerprint density at radius 1 is 1.36 bits per heavy atom. The van der Waals surface area contributed by atoms with Crippen LogP contribution in [0, 0.1) is 0 Å². The van der Waals surface area contributed by atoms with Crippen LogP contribution in [-0.4, -0.2) is 59.7 Å². The molecule has 1 aliphatic rings. The average molecular weight is 230 g/mol. The first-order valence-corrected chi connectivity index (χ1v) is 4.02. The first-order chi connectivity index (χ1) is 6.11. The molecule has 1 rings (SSSR count). The number of aliphatic hydroxyl groups excluding tert-OH is 3. The lowest BCUT2D eigenvalue weighted by Gasteiger charge is -2.39. The molecule has 1 aliphatic heterocycles. The molecule has 7 heteroatoms. The molecule has 86 valence electrons. The van der Waals surface area contributed by atoms with Crippen LogP contribution in [0.3, 0.4) is 0 Å². The van der Waals surface area contributed by atoms with Gasteiger partial charge >= 0.3 is 0 Å². The minimum Gasteiger partial charge on any atom is -0.394 e. The van der Waals surface area contributed by atoms with E-state index in [-0.39, 0.29) is 19.0 Å². The molecule has 14 heavy (non-hydrogen) atoms. The topological polar surface area (TPSA) is 105 Å². The smallest absolute Gasteiger partial charge is 0.175 e. The van der Waals surface area contributed by atoms with Crippen molar-refractivity contribution in [3.05, 3.63) is 0 Å². The Labute approximate surface area is 88.0 Å². The summed E-state index contributed by atoms with van der Waals surface area (Å²) in [5.41, 5.74) is 5.50. The van der Waals surface area contributed by atoms with Gasteiger partial charge in [-0.3, -0.25) is 0 Å². The van der Waals surface area contributed by atoms with Crippen LogP contribution in [0.1, 0.15) is 0 Å². The average Bonchev–Trinajstić information content (AvgIpc) is 2.15. The molecule has 0 radical (unpaired) electrons. The van der Waals surface area contributed by atoms with Crippen molar-refractivity contribution in [1.82, 2.24) is 0 Å². The molecule has 0 saturated carbocycles.